The summed E-state index contributed by atoms with van der Waals surface area (Å²) < 4.78 is 55.0. The zero-order valence-corrected chi connectivity index (χ0v) is 22.7. The predicted molar refractivity (Wildman–Crippen MR) is 142 cm³/mol. The molecule has 2 amide bonds. The van der Waals surface area contributed by atoms with E-state index in [0.717, 1.165) is 4.90 Å². The van der Waals surface area contributed by atoms with Gasteiger partial charge in [0.15, 0.2) is 23.8 Å². The van der Waals surface area contributed by atoms with Crippen molar-refractivity contribution in [3.63, 3.8) is 0 Å². The minimum Gasteiger partial charge on any atom is -0.271 e. The van der Waals surface area contributed by atoms with E-state index in [1.165, 1.54) is 24.3 Å². The van der Waals surface area contributed by atoms with Crippen LogP contribution in [0.5, 0.6) is 0 Å². The maximum Gasteiger partial charge on any atom is 0.261 e. The summed E-state index contributed by atoms with van der Waals surface area (Å²) in [6.45, 7) is 0. The number of benzene rings is 3. The summed E-state index contributed by atoms with van der Waals surface area (Å²) >= 11 is 2.07. The van der Waals surface area contributed by atoms with Crippen molar-refractivity contribution in [1.82, 2.24) is 4.90 Å². The molecular weight excluding hydrogens is 613 g/mol. The molecule has 0 bridgehead atoms. The van der Waals surface area contributed by atoms with Crippen molar-refractivity contribution in [3.8, 4) is 0 Å². The number of sulfone groups is 2. The highest BCUT2D eigenvalue weighted by atomic mass is 127. The molecule has 1 saturated carbocycles. The maximum absolute atomic E-state index is 14.2. The Hall–Kier alpha value is -2.57. The normalized spacial score (nSPS) is 21.5. The molecule has 1 fully saturated rings. The molecule has 0 radical (unpaired) electrons. The lowest BCUT2D eigenvalue weighted by molar-refractivity contribution is 0.0557. The molecule has 3 aromatic carbocycles. The van der Waals surface area contributed by atoms with Crippen molar-refractivity contribution in [1.29, 1.82) is 0 Å². The third-order valence-electron chi connectivity index (χ3n) is 7.08. The molecule has 0 spiro atoms. The highest BCUT2D eigenvalue weighted by Crippen LogP contribution is 2.52. The second-order valence-electron chi connectivity index (χ2n) is 8.96. The van der Waals surface area contributed by atoms with Crippen LogP contribution in [0.3, 0.4) is 0 Å². The quantitative estimate of drug-likeness (QED) is 0.229. The molecule has 1 aliphatic carbocycles. The second-order valence-corrected chi connectivity index (χ2v) is 14.6. The highest BCUT2D eigenvalue weighted by Gasteiger charge is 2.64. The van der Waals surface area contributed by atoms with Crippen LogP contribution in [0.15, 0.2) is 94.7 Å². The fraction of sp³-hybridized carbons (Fsp3) is 0.231. The van der Waals surface area contributed by atoms with E-state index in [2.05, 4.69) is 22.6 Å². The van der Waals surface area contributed by atoms with Crippen LogP contribution in [0.1, 0.15) is 33.6 Å². The third-order valence-corrected chi connectivity index (χ3v) is 13.9. The number of amides is 2. The van der Waals surface area contributed by atoms with E-state index < -0.39 is 53.9 Å². The van der Waals surface area contributed by atoms with Crippen LogP contribution in [-0.2, 0) is 19.7 Å². The van der Waals surface area contributed by atoms with E-state index in [4.69, 9.17) is 0 Å². The molecule has 2 aliphatic rings. The van der Waals surface area contributed by atoms with Crippen molar-refractivity contribution in [3.05, 3.63) is 96.1 Å². The monoisotopic (exact) mass is 635 g/mol. The first kappa shape index (κ1) is 25.1. The molecule has 1 heterocycles. The van der Waals surface area contributed by atoms with Gasteiger partial charge in [0.1, 0.15) is 0 Å². The second kappa shape index (κ2) is 9.07. The molecule has 0 unspecified atom stereocenters. The Morgan fingerprint density at radius 1 is 0.694 bits per heavy atom. The van der Waals surface area contributed by atoms with E-state index in [1.807, 2.05) is 0 Å². The van der Waals surface area contributed by atoms with Crippen LogP contribution < -0.4 is 0 Å². The Morgan fingerprint density at radius 2 is 1.11 bits per heavy atom. The van der Waals surface area contributed by atoms with E-state index in [1.54, 1.807) is 60.7 Å². The fourth-order valence-electron chi connectivity index (χ4n) is 5.28. The smallest absolute Gasteiger partial charge is 0.261 e. The van der Waals surface area contributed by atoms with Crippen molar-refractivity contribution >= 4 is 54.1 Å². The number of halogens is 1. The lowest BCUT2D eigenvalue weighted by atomic mass is 10.1. The van der Waals surface area contributed by atoms with Crippen LogP contribution in [-0.4, -0.2) is 48.1 Å². The van der Waals surface area contributed by atoms with Gasteiger partial charge in [-0.2, -0.15) is 0 Å². The average molecular weight is 636 g/mol. The summed E-state index contributed by atoms with van der Waals surface area (Å²) in [5.41, 5.74) is 0.480. The van der Waals surface area contributed by atoms with Crippen molar-refractivity contribution in [2.75, 3.05) is 4.43 Å². The predicted octanol–water partition coefficient (Wildman–Crippen LogP) is 4.14. The highest BCUT2D eigenvalue weighted by molar-refractivity contribution is 14.1. The number of nitrogens with zero attached hydrogens (tertiary/aromatic N) is 1. The SMILES string of the molecule is O=C1c2ccccc2C(=O)N1[C@@H]1CC(S(=O)(=O)c2ccccc2)(S(=O)(=O)c2ccccc2)C[C@@H]1CI. The molecule has 0 N–H and O–H groups in total. The number of carbonyl (C=O) groups is 2. The van der Waals surface area contributed by atoms with E-state index >= 15 is 0 Å². The number of alkyl halides is 1. The fourth-order valence-corrected chi connectivity index (χ4v) is 11.5. The van der Waals surface area contributed by atoms with Gasteiger partial charge in [0.25, 0.3) is 11.8 Å². The van der Waals surface area contributed by atoms with Crippen molar-refractivity contribution in [2.45, 2.75) is 32.8 Å². The number of fused-ring (bicyclic) bond motifs is 1. The molecule has 2 atom stereocenters. The lowest BCUT2D eigenvalue weighted by Crippen LogP contribution is -2.47. The maximum atomic E-state index is 14.2. The first-order valence-electron chi connectivity index (χ1n) is 11.3. The van der Waals surface area contributed by atoms with Gasteiger partial charge in [0.2, 0.25) is 0 Å². The molecule has 3 aromatic rings. The largest absolute Gasteiger partial charge is 0.271 e. The Bertz CT molecular complexity index is 1450. The van der Waals surface area contributed by atoms with E-state index in [-0.39, 0.29) is 27.3 Å². The van der Waals surface area contributed by atoms with E-state index in [9.17, 15) is 26.4 Å². The molecule has 1 aliphatic heterocycles. The molecular formula is C26H22INO6S2. The molecule has 0 aromatic heterocycles. The lowest BCUT2D eigenvalue weighted by Gasteiger charge is -2.30. The topological polar surface area (TPSA) is 106 Å². The minimum absolute atomic E-state index is 0.111. The van der Waals surface area contributed by atoms with Crippen LogP contribution in [0.4, 0.5) is 0 Å². The summed E-state index contributed by atoms with van der Waals surface area (Å²) in [6, 6.07) is 20.5. The minimum atomic E-state index is -4.45. The number of hydrogen-bond acceptors (Lipinski definition) is 6. The summed E-state index contributed by atoms with van der Waals surface area (Å²) in [7, 11) is -8.91. The van der Waals surface area contributed by atoms with Gasteiger partial charge >= 0.3 is 0 Å². The van der Waals surface area contributed by atoms with Crippen LogP contribution >= 0.6 is 22.6 Å². The van der Waals surface area contributed by atoms with Gasteiger partial charge in [0.05, 0.1) is 20.9 Å². The Balaban J connectivity index is 1.70. The van der Waals surface area contributed by atoms with Crippen LogP contribution in [0.2, 0.25) is 0 Å². The number of hydrogen-bond donors (Lipinski definition) is 0. The standard InChI is InChI=1S/C26H22INO6S2/c27-17-18-15-26(35(31,32)19-9-3-1-4-10-19,36(33,34)20-11-5-2-6-12-20)16-23(18)28-24(29)21-13-7-8-14-22(21)25(28)30/h1-14,18,23H,15-17H2/t18-,23-/m1/s1. The van der Waals surface area contributed by atoms with Gasteiger partial charge in [0, 0.05) is 16.9 Å². The van der Waals surface area contributed by atoms with Crippen LogP contribution in [0.25, 0.3) is 0 Å². The summed E-state index contributed by atoms with van der Waals surface area (Å²) in [5.74, 6) is -1.59. The number of imide groups is 1. The number of rotatable bonds is 6. The third kappa shape index (κ3) is 3.56. The van der Waals surface area contributed by atoms with Crippen LogP contribution in [0, 0.1) is 5.92 Å². The average Bonchev–Trinajstić information content (AvgIpc) is 3.42. The van der Waals surface area contributed by atoms with Gasteiger partial charge in [-0.15, -0.1) is 0 Å². The van der Waals surface area contributed by atoms with Gasteiger partial charge in [-0.3, -0.25) is 14.5 Å². The molecule has 7 nitrogen and oxygen atoms in total. The summed E-state index contributed by atoms with van der Waals surface area (Å²) in [6.07, 6.45) is -0.636. The van der Waals surface area contributed by atoms with Crippen molar-refractivity contribution < 1.29 is 26.4 Å². The zero-order chi connectivity index (χ0) is 25.7. The summed E-state index contributed by atoms with van der Waals surface area (Å²) in [5, 5.41) is 0. The van der Waals surface area contributed by atoms with E-state index in [0.29, 0.717) is 4.43 Å². The van der Waals surface area contributed by atoms with Gasteiger partial charge in [-0.1, -0.05) is 71.1 Å². The molecule has 0 saturated heterocycles. The van der Waals surface area contributed by atoms with Gasteiger partial charge < -0.3 is 0 Å². The Labute approximate surface area is 223 Å². The molecule has 36 heavy (non-hydrogen) atoms. The Kier molecular flexibility index (Phi) is 6.32. The first-order chi connectivity index (χ1) is 17.2. The zero-order valence-electron chi connectivity index (χ0n) is 19.0. The van der Waals surface area contributed by atoms with Gasteiger partial charge in [-0.25, -0.2) is 16.8 Å². The molecule has 10 heteroatoms. The summed E-state index contributed by atoms with van der Waals surface area (Å²) in [4.78, 5) is 27.5. The number of carbonyl (C=O) groups excluding carboxylic acids is 2. The Morgan fingerprint density at radius 3 is 1.53 bits per heavy atom. The molecule has 186 valence electrons. The van der Waals surface area contributed by atoms with Crippen molar-refractivity contribution in [2.24, 2.45) is 5.92 Å². The van der Waals surface area contributed by atoms with Gasteiger partial charge in [-0.05, 0) is 48.7 Å². The molecule has 5 rings (SSSR count). The first-order valence-corrected chi connectivity index (χ1v) is 15.8.